The van der Waals surface area contributed by atoms with Gasteiger partial charge in [-0.25, -0.2) is 4.79 Å². The number of rotatable bonds is 3. The van der Waals surface area contributed by atoms with Gasteiger partial charge in [-0.3, -0.25) is 0 Å². The van der Waals surface area contributed by atoms with Crippen molar-refractivity contribution < 1.29 is 9.53 Å². The third kappa shape index (κ3) is 4.37. The van der Waals surface area contributed by atoms with E-state index in [1.54, 1.807) is 0 Å². The van der Waals surface area contributed by atoms with Gasteiger partial charge in [-0.2, -0.15) is 0 Å². The zero-order chi connectivity index (χ0) is 13.9. The summed E-state index contributed by atoms with van der Waals surface area (Å²) in [6.45, 7) is 7.93. The zero-order valence-electron chi connectivity index (χ0n) is 12.6. The van der Waals surface area contributed by atoms with Crippen molar-refractivity contribution in [3.05, 3.63) is 0 Å². The van der Waals surface area contributed by atoms with Crippen LogP contribution in [-0.2, 0) is 4.74 Å². The Morgan fingerprint density at radius 3 is 2.37 bits per heavy atom. The van der Waals surface area contributed by atoms with Crippen molar-refractivity contribution in [2.24, 2.45) is 5.92 Å². The first-order chi connectivity index (χ1) is 8.89. The molecule has 2 N–H and O–H groups in total. The molecule has 1 amide bonds. The van der Waals surface area contributed by atoms with Crippen molar-refractivity contribution >= 4 is 6.09 Å². The van der Waals surface area contributed by atoms with Crippen LogP contribution in [0.3, 0.4) is 0 Å². The van der Waals surface area contributed by atoms with Crippen molar-refractivity contribution in [3.8, 4) is 0 Å². The zero-order valence-corrected chi connectivity index (χ0v) is 12.6. The van der Waals surface area contributed by atoms with E-state index in [-0.39, 0.29) is 11.6 Å². The number of amides is 1. The topological polar surface area (TPSA) is 50.4 Å². The number of hydrogen-bond donors (Lipinski definition) is 2. The van der Waals surface area contributed by atoms with Crippen molar-refractivity contribution in [3.63, 3.8) is 0 Å². The Morgan fingerprint density at radius 2 is 1.89 bits per heavy atom. The minimum Gasteiger partial charge on any atom is -0.444 e. The molecule has 1 aliphatic heterocycles. The predicted octanol–water partition coefficient (Wildman–Crippen LogP) is 2.82. The largest absolute Gasteiger partial charge is 0.444 e. The molecule has 1 heterocycles. The fraction of sp³-hybridized carbons (Fsp3) is 0.933. The molecule has 110 valence electrons. The number of alkyl carbamates (subject to hydrolysis) is 1. The minimum atomic E-state index is -0.419. The summed E-state index contributed by atoms with van der Waals surface area (Å²) in [5.74, 6) is 0.716. The highest BCUT2D eigenvalue weighted by atomic mass is 16.6. The molecule has 4 nitrogen and oxygen atoms in total. The normalized spacial score (nSPS) is 23.5. The van der Waals surface area contributed by atoms with Crippen LogP contribution in [-0.4, -0.2) is 30.3 Å². The summed E-state index contributed by atoms with van der Waals surface area (Å²) in [5, 5.41) is 6.51. The number of ether oxygens (including phenoxy) is 1. The summed E-state index contributed by atoms with van der Waals surface area (Å²) < 4.78 is 5.43. The van der Waals surface area contributed by atoms with E-state index < -0.39 is 5.60 Å². The number of carbonyl (C=O) groups is 1. The van der Waals surface area contributed by atoms with E-state index in [4.69, 9.17) is 4.74 Å². The Morgan fingerprint density at radius 1 is 1.26 bits per heavy atom. The van der Waals surface area contributed by atoms with Gasteiger partial charge in [0.1, 0.15) is 5.60 Å². The van der Waals surface area contributed by atoms with Gasteiger partial charge in [0.2, 0.25) is 0 Å². The quantitative estimate of drug-likeness (QED) is 0.827. The SMILES string of the molecule is CC(C)(C)OC(=O)NC1(CC2CNC2)CCCCC1. The first-order valence-electron chi connectivity index (χ1n) is 7.60. The monoisotopic (exact) mass is 268 g/mol. The van der Waals surface area contributed by atoms with E-state index in [2.05, 4.69) is 10.6 Å². The number of hydrogen-bond acceptors (Lipinski definition) is 3. The molecule has 0 aromatic carbocycles. The van der Waals surface area contributed by atoms with E-state index in [0.29, 0.717) is 5.92 Å². The molecule has 0 unspecified atom stereocenters. The third-order valence-electron chi connectivity index (χ3n) is 4.12. The van der Waals surface area contributed by atoms with E-state index in [9.17, 15) is 4.79 Å². The van der Waals surface area contributed by atoms with Gasteiger partial charge in [-0.1, -0.05) is 19.3 Å². The van der Waals surface area contributed by atoms with Gasteiger partial charge in [0.25, 0.3) is 0 Å². The molecule has 0 aromatic rings. The molecule has 0 aromatic heterocycles. The predicted molar refractivity (Wildman–Crippen MR) is 76.2 cm³/mol. The fourth-order valence-electron chi connectivity index (χ4n) is 3.17. The Balaban J connectivity index is 1.94. The molecule has 1 aliphatic carbocycles. The van der Waals surface area contributed by atoms with Gasteiger partial charge in [0.15, 0.2) is 0 Å². The molecule has 0 atom stereocenters. The van der Waals surface area contributed by atoms with Gasteiger partial charge in [-0.05, 0) is 59.0 Å². The summed E-state index contributed by atoms with van der Waals surface area (Å²) in [5.41, 5.74) is -0.439. The molecule has 1 saturated carbocycles. The molecule has 1 saturated heterocycles. The molecular weight excluding hydrogens is 240 g/mol. The van der Waals surface area contributed by atoms with E-state index in [1.165, 1.54) is 19.3 Å². The van der Waals surface area contributed by atoms with E-state index in [1.807, 2.05) is 20.8 Å². The smallest absolute Gasteiger partial charge is 0.408 e. The fourth-order valence-corrected chi connectivity index (χ4v) is 3.17. The van der Waals surface area contributed by atoms with Gasteiger partial charge >= 0.3 is 6.09 Å². The lowest BCUT2D eigenvalue weighted by molar-refractivity contribution is 0.0387. The van der Waals surface area contributed by atoms with Crippen LogP contribution in [0, 0.1) is 5.92 Å². The summed E-state index contributed by atoms with van der Waals surface area (Å²) in [6, 6.07) is 0. The maximum atomic E-state index is 12.1. The maximum absolute atomic E-state index is 12.1. The minimum absolute atomic E-state index is 0.0205. The second-order valence-electron chi connectivity index (χ2n) is 7.20. The van der Waals surface area contributed by atoms with Crippen molar-refractivity contribution in [1.29, 1.82) is 0 Å². The van der Waals surface area contributed by atoms with Crippen LogP contribution in [0.15, 0.2) is 0 Å². The lowest BCUT2D eigenvalue weighted by Crippen LogP contribution is -2.55. The van der Waals surface area contributed by atoms with E-state index in [0.717, 1.165) is 32.4 Å². The molecule has 2 rings (SSSR count). The lowest BCUT2D eigenvalue weighted by Gasteiger charge is -2.43. The van der Waals surface area contributed by atoms with Crippen LogP contribution in [0.25, 0.3) is 0 Å². The average Bonchev–Trinajstić information content (AvgIpc) is 2.22. The van der Waals surface area contributed by atoms with Crippen molar-refractivity contribution in [2.45, 2.75) is 70.4 Å². The molecule has 0 radical (unpaired) electrons. The molecule has 0 spiro atoms. The Kier molecular flexibility index (Phi) is 4.39. The third-order valence-corrected chi connectivity index (χ3v) is 4.12. The Hall–Kier alpha value is -0.770. The first-order valence-corrected chi connectivity index (χ1v) is 7.60. The molecular formula is C15H28N2O2. The first kappa shape index (κ1) is 14.6. The Labute approximate surface area is 116 Å². The standard InChI is InChI=1S/C15H28N2O2/c1-14(2,3)19-13(18)17-15(7-5-4-6-8-15)9-12-10-16-11-12/h12,16H,4-11H2,1-3H3,(H,17,18). The highest BCUT2D eigenvalue weighted by Crippen LogP contribution is 2.34. The average molecular weight is 268 g/mol. The Bertz CT molecular complexity index is 313. The van der Waals surface area contributed by atoms with Crippen LogP contribution in [0.4, 0.5) is 4.79 Å². The van der Waals surface area contributed by atoms with Crippen molar-refractivity contribution in [2.75, 3.05) is 13.1 Å². The van der Waals surface area contributed by atoms with Gasteiger partial charge in [0.05, 0.1) is 0 Å². The summed E-state index contributed by atoms with van der Waals surface area (Å²) in [7, 11) is 0. The molecule has 4 heteroatoms. The van der Waals surface area contributed by atoms with Crippen molar-refractivity contribution in [1.82, 2.24) is 10.6 Å². The van der Waals surface area contributed by atoms with Crippen LogP contribution in [0.5, 0.6) is 0 Å². The van der Waals surface area contributed by atoms with Crippen LogP contribution in [0.2, 0.25) is 0 Å². The maximum Gasteiger partial charge on any atom is 0.408 e. The second kappa shape index (κ2) is 5.70. The lowest BCUT2D eigenvalue weighted by atomic mass is 9.74. The van der Waals surface area contributed by atoms with Crippen LogP contribution < -0.4 is 10.6 Å². The molecule has 19 heavy (non-hydrogen) atoms. The van der Waals surface area contributed by atoms with Gasteiger partial charge in [-0.15, -0.1) is 0 Å². The molecule has 0 bridgehead atoms. The summed E-state index contributed by atoms with van der Waals surface area (Å²) in [6.07, 6.45) is 6.78. The summed E-state index contributed by atoms with van der Waals surface area (Å²) in [4.78, 5) is 12.1. The van der Waals surface area contributed by atoms with Crippen LogP contribution >= 0.6 is 0 Å². The van der Waals surface area contributed by atoms with Gasteiger partial charge < -0.3 is 15.4 Å². The van der Waals surface area contributed by atoms with Crippen LogP contribution in [0.1, 0.15) is 59.3 Å². The van der Waals surface area contributed by atoms with E-state index >= 15 is 0 Å². The number of nitrogens with one attached hydrogen (secondary N) is 2. The number of carbonyl (C=O) groups excluding carboxylic acids is 1. The highest BCUT2D eigenvalue weighted by Gasteiger charge is 2.38. The van der Waals surface area contributed by atoms with Gasteiger partial charge in [0, 0.05) is 5.54 Å². The second-order valence-corrected chi connectivity index (χ2v) is 7.20. The molecule has 2 fully saturated rings. The highest BCUT2D eigenvalue weighted by molar-refractivity contribution is 5.68. The summed E-state index contributed by atoms with van der Waals surface area (Å²) >= 11 is 0. The molecule has 2 aliphatic rings.